The van der Waals surface area contributed by atoms with Gasteiger partial charge in [-0.3, -0.25) is 4.79 Å². The van der Waals surface area contributed by atoms with Gasteiger partial charge in [-0.2, -0.15) is 0 Å². The second kappa shape index (κ2) is 16.8. The van der Waals surface area contributed by atoms with Crippen LogP contribution < -0.4 is 10.9 Å². The molecule has 5 N–H and O–H groups in total. The summed E-state index contributed by atoms with van der Waals surface area (Å²) in [4.78, 5) is 31.2. The van der Waals surface area contributed by atoms with Crippen LogP contribution in [0.25, 0.3) is 21.9 Å². The Labute approximate surface area is 347 Å². The van der Waals surface area contributed by atoms with E-state index in [9.17, 15) is 24.9 Å². The van der Waals surface area contributed by atoms with E-state index in [0.29, 0.717) is 66.9 Å². The number of fused-ring (bicyclic) bond motifs is 4. The third kappa shape index (κ3) is 8.11. The molecule has 2 aliphatic carbocycles. The molecule has 8 rings (SSSR count). The molecule has 12 nitrogen and oxygen atoms in total. The molecule has 0 unspecified atom stereocenters. The molecule has 0 amide bonds. The Balaban J connectivity index is 0.844. The van der Waals surface area contributed by atoms with Crippen molar-refractivity contribution in [3.05, 3.63) is 106 Å². The number of carbonyl (C=O) groups is 1. The number of aliphatic hydroxyl groups excluding tert-OH is 1. The molecule has 0 aliphatic heterocycles. The molecule has 0 spiro atoms. The molecule has 16 heteroatoms. The van der Waals surface area contributed by atoms with Crippen LogP contribution in [0.4, 0.5) is 0 Å². The number of aromatic amines is 1. The molecule has 300 valence electrons. The minimum Gasteiger partial charge on any atom is -0.506 e. The van der Waals surface area contributed by atoms with Crippen molar-refractivity contribution < 1.29 is 24.9 Å². The molecule has 6 aromatic rings. The van der Waals surface area contributed by atoms with Crippen molar-refractivity contribution in [1.29, 1.82) is 0 Å². The maximum Gasteiger partial charge on any atom is 0.349 e. The van der Waals surface area contributed by atoms with E-state index in [1.54, 1.807) is 36.4 Å². The number of ether oxygens (including phenoxy) is 1. The van der Waals surface area contributed by atoms with Gasteiger partial charge in [-0.1, -0.05) is 34.5 Å². The van der Waals surface area contributed by atoms with Gasteiger partial charge in [0.05, 0.1) is 35.6 Å². The minimum atomic E-state index is -1.96. The lowest BCUT2D eigenvalue weighted by molar-refractivity contribution is -0.169. The van der Waals surface area contributed by atoms with Crippen LogP contribution in [0.2, 0.25) is 8.67 Å². The predicted octanol–water partition coefficient (Wildman–Crippen LogP) is 6.83. The molecule has 0 saturated heterocycles. The number of halogens is 2. The van der Waals surface area contributed by atoms with Crippen molar-refractivity contribution >= 4 is 73.8 Å². The number of hydrogen-bond donors (Lipinski definition) is 5. The first-order chi connectivity index (χ1) is 27.5. The molecular formula is C41H44Cl2N6O6S2. The second-order valence-corrected chi connectivity index (χ2v) is 18.5. The number of nitrogens with zero attached hydrogens (tertiary/aromatic N) is 4. The second-order valence-electron chi connectivity index (χ2n) is 15.0. The molecule has 0 bridgehead atoms. The highest BCUT2D eigenvalue weighted by Crippen LogP contribution is 2.42. The molecule has 2 aliphatic rings. The number of aromatic nitrogens is 4. The number of aliphatic hydroxyl groups is 2. The molecule has 1 saturated carbocycles. The Morgan fingerprint density at radius 2 is 1.77 bits per heavy atom. The summed E-state index contributed by atoms with van der Waals surface area (Å²) in [7, 11) is 2.15. The topological polar surface area (TPSA) is 166 Å². The molecule has 1 fully saturated rings. The first-order valence-electron chi connectivity index (χ1n) is 19.3. The van der Waals surface area contributed by atoms with Gasteiger partial charge in [0.15, 0.2) is 0 Å². The number of esters is 1. The van der Waals surface area contributed by atoms with Crippen molar-refractivity contribution in [2.45, 2.75) is 88.3 Å². The number of pyridine rings is 1. The van der Waals surface area contributed by atoms with E-state index in [1.807, 2.05) is 4.68 Å². The lowest BCUT2D eigenvalue weighted by atomic mass is 9.91. The summed E-state index contributed by atoms with van der Waals surface area (Å²) in [6, 6.07) is 15.3. The summed E-state index contributed by atoms with van der Waals surface area (Å²) in [6.45, 7) is 2.48. The van der Waals surface area contributed by atoms with E-state index >= 15 is 0 Å². The highest BCUT2D eigenvalue weighted by Gasteiger charge is 2.46. The average molecular weight is 852 g/mol. The van der Waals surface area contributed by atoms with Crippen molar-refractivity contribution in [2.24, 2.45) is 0 Å². The Hall–Kier alpha value is -3.86. The fourth-order valence-electron chi connectivity index (χ4n) is 8.50. The van der Waals surface area contributed by atoms with E-state index in [0.717, 1.165) is 90.9 Å². The summed E-state index contributed by atoms with van der Waals surface area (Å²) >= 11 is 14.7. The van der Waals surface area contributed by atoms with E-state index < -0.39 is 17.7 Å². The summed E-state index contributed by atoms with van der Waals surface area (Å²) in [5.41, 5.74) is 4.43. The zero-order valence-corrected chi connectivity index (χ0v) is 34.5. The largest absolute Gasteiger partial charge is 0.506 e. The molecule has 57 heavy (non-hydrogen) atoms. The van der Waals surface area contributed by atoms with Crippen LogP contribution in [0.15, 0.2) is 59.4 Å². The fourth-order valence-corrected chi connectivity index (χ4v) is 10.8. The van der Waals surface area contributed by atoms with Gasteiger partial charge in [-0.25, -0.2) is 9.48 Å². The maximum absolute atomic E-state index is 13.6. The SMILES string of the molecule is CN(CCCn1nnc2cc(CNC[C@H](O)c3ccc(O)c4[nH]c(=O)ccc34)c3c(c21)CCC3)[C@H]1CC[C@H](OC(=O)C(O)(c2ccc(Cl)s2)c2ccc(Cl)s2)CC1. The van der Waals surface area contributed by atoms with Gasteiger partial charge >= 0.3 is 5.97 Å². The summed E-state index contributed by atoms with van der Waals surface area (Å²) < 4.78 is 8.96. The monoisotopic (exact) mass is 850 g/mol. The first-order valence-corrected chi connectivity index (χ1v) is 21.6. The third-order valence-corrected chi connectivity index (χ3v) is 14.1. The quantitative estimate of drug-likeness (QED) is 0.0734. The van der Waals surface area contributed by atoms with E-state index in [2.05, 4.69) is 38.6 Å². The van der Waals surface area contributed by atoms with Crippen LogP contribution in [0.3, 0.4) is 0 Å². The van der Waals surface area contributed by atoms with Crippen molar-refractivity contribution in [3.63, 3.8) is 0 Å². The number of carbonyl (C=O) groups excluding carboxylic acids is 1. The Kier molecular flexibility index (Phi) is 11.8. The number of benzene rings is 2. The highest BCUT2D eigenvalue weighted by atomic mass is 35.5. The number of rotatable bonds is 14. The number of aryl methyl sites for hydroxylation is 2. The van der Waals surface area contributed by atoms with E-state index in [-0.39, 0.29) is 17.4 Å². The van der Waals surface area contributed by atoms with Crippen molar-refractivity contribution in [3.8, 4) is 5.75 Å². The van der Waals surface area contributed by atoms with Crippen molar-refractivity contribution in [2.75, 3.05) is 20.1 Å². The Morgan fingerprint density at radius 3 is 2.47 bits per heavy atom. The van der Waals surface area contributed by atoms with Crippen LogP contribution in [-0.2, 0) is 41.1 Å². The van der Waals surface area contributed by atoms with Crippen LogP contribution >= 0.6 is 45.9 Å². The number of nitrogens with one attached hydrogen (secondary N) is 2. The number of phenols is 1. The fraction of sp³-hybridized carbons (Fsp3) is 0.415. The Bertz CT molecular complexity index is 2430. The summed E-state index contributed by atoms with van der Waals surface area (Å²) in [6.07, 6.45) is 5.96. The lowest BCUT2D eigenvalue weighted by Gasteiger charge is -2.35. The van der Waals surface area contributed by atoms with Gasteiger partial charge in [0.1, 0.15) is 17.4 Å². The Morgan fingerprint density at radius 1 is 1.05 bits per heavy atom. The zero-order valence-electron chi connectivity index (χ0n) is 31.3. The standard InChI is InChI=1S/C41H44Cl2N6O6S2/c1-48(24-6-8-25(9-7-24)55-40(53)41(54,33-13-15-35(42)56-33)34-14-16-36(43)57-34)18-3-19-49-39-29-5-2-4-26(29)23(20-30(39)46-47-49)21-44-22-32(51)27-10-12-31(50)38-28(27)11-17-37(52)45-38/h10-17,20,24-25,32,44,50-51,54H,2-9,18-19,21-22H2,1H3,(H,45,52)/t24-,25-,32-/m0/s1. The molecule has 0 radical (unpaired) electrons. The summed E-state index contributed by atoms with van der Waals surface area (Å²) in [5, 5.41) is 46.2. The van der Waals surface area contributed by atoms with Gasteiger partial charge in [-0.15, -0.1) is 27.8 Å². The highest BCUT2D eigenvalue weighted by molar-refractivity contribution is 7.18. The van der Waals surface area contributed by atoms with Gasteiger partial charge in [-0.05, 0) is 130 Å². The maximum atomic E-state index is 13.6. The van der Waals surface area contributed by atoms with Crippen LogP contribution in [0.5, 0.6) is 5.75 Å². The van der Waals surface area contributed by atoms with Crippen LogP contribution in [0.1, 0.15) is 76.6 Å². The van der Waals surface area contributed by atoms with Gasteiger partial charge < -0.3 is 35.3 Å². The molecule has 4 aromatic heterocycles. The smallest absolute Gasteiger partial charge is 0.349 e. The van der Waals surface area contributed by atoms with Gasteiger partial charge in [0, 0.05) is 37.1 Å². The predicted molar refractivity (Wildman–Crippen MR) is 223 cm³/mol. The number of phenolic OH excluding ortho intramolecular Hbond substituents is 1. The van der Waals surface area contributed by atoms with E-state index in [4.69, 9.17) is 27.9 Å². The normalized spacial score (nSPS) is 17.8. The van der Waals surface area contributed by atoms with Crippen molar-refractivity contribution in [1.82, 2.24) is 30.2 Å². The molecule has 4 heterocycles. The van der Waals surface area contributed by atoms with Crippen LogP contribution in [0, 0.1) is 0 Å². The third-order valence-electron chi connectivity index (χ3n) is 11.5. The first kappa shape index (κ1) is 39.9. The molecule has 2 aromatic carbocycles. The lowest BCUT2D eigenvalue weighted by Crippen LogP contribution is -2.42. The minimum absolute atomic E-state index is 0.0370. The molecular weight excluding hydrogens is 808 g/mol. The van der Waals surface area contributed by atoms with Crippen LogP contribution in [-0.4, -0.2) is 78.4 Å². The number of aromatic hydroxyl groups is 1. The van der Waals surface area contributed by atoms with E-state index in [1.165, 1.54) is 23.3 Å². The zero-order chi connectivity index (χ0) is 39.8. The summed E-state index contributed by atoms with van der Waals surface area (Å²) in [5.74, 6) is -0.741. The number of hydrogen-bond acceptors (Lipinski definition) is 12. The van der Waals surface area contributed by atoms with Gasteiger partial charge in [0.25, 0.3) is 0 Å². The average Bonchev–Trinajstić information content (AvgIpc) is 4.03. The number of H-pyrrole nitrogens is 1. The van der Waals surface area contributed by atoms with Gasteiger partial charge in [0.2, 0.25) is 11.2 Å². The number of thiophene rings is 2. The molecule has 1 atom stereocenters.